The van der Waals surface area contributed by atoms with Crippen LogP contribution < -0.4 is 10.2 Å². The molecule has 1 atom stereocenters. The Morgan fingerprint density at radius 2 is 1.81 bits per heavy atom. The van der Waals surface area contributed by atoms with Gasteiger partial charge in [0.15, 0.2) is 0 Å². The number of sulfonamides is 1. The van der Waals surface area contributed by atoms with Crippen molar-refractivity contribution in [2.75, 3.05) is 24.2 Å². The minimum absolute atomic E-state index is 0.163. The van der Waals surface area contributed by atoms with E-state index in [0.717, 1.165) is 27.3 Å². The SMILES string of the molecule is Cc1ccc(CNC(=O)[C@@]2(C)CN(S(C)(=O)=O)CC(=O)N2c2cc(Cl)ccc2C)cc1. The number of benzene rings is 2. The topological polar surface area (TPSA) is 86.8 Å². The summed E-state index contributed by atoms with van der Waals surface area (Å²) in [5.74, 6) is -0.941. The van der Waals surface area contributed by atoms with Crippen LogP contribution in [0.15, 0.2) is 42.5 Å². The molecule has 0 aliphatic carbocycles. The molecule has 0 spiro atoms. The maximum atomic E-state index is 13.4. The number of carbonyl (C=O) groups is 2. The molecule has 2 amide bonds. The maximum Gasteiger partial charge on any atom is 0.247 e. The van der Waals surface area contributed by atoms with E-state index in [0.29, 0.717) is 10.7 Å². The Kier molecular flexibility index (Phi) is 6.45. The Morgan fingerprint density at radius 1 is 1.16 bits per heavy atom. The van der Waals surface area contributed by atoms with Gasteiger partial charge in [-0.15, -0.1) is 0 Å². The first-order valence-electron chi connectivity index (χ1n) is 9.80. The summed E-state index contributed by atoms with van der Waals surface area (Å²) in [7, 11) is -3.68. The van der Waals surface area contributed by atoms with Gasteiger partial charge in [-0.05, 0) is 44.0 Å². The first-order chi connectivity index (χ1) is 14.4. The molecule has 0 saturated carbocycles. The lowest BCUT2D eigenvalue weighted by Gasteiger charge is -2.47. The summed E-state index contributed by atoms with van der Waals surface area (Å²) in [6, 6.07) is 12.8. The van der Waals surface area contributed by atoms with Crippen LogP contribution in [0.5, 0.6) is 0 Å². The van der Waals surface area contributed by atoms with Crippen LogP contribution in [-0.2, 0) is 26.2 Å². The summed E-state index contributed by atoms with van der Waals surface area (Å²) in [5.41, 5.74) is 1.78. The number of nitrogens with one attached hydrogen (secondary N) is 1. The number of aryl methyl sites for hydroxylation is 2. The van der Waals surface area contributed by atoms with Crippen molar-refractivity contribution in [3.8, 4) is 0 Å². The molecular weight excluding hydrogens is 438 g/mol. The molecule has 2 aromatic rings. The zero-order valence-corrected chi connectivity index (χ0v) is 19.5. The molecule has 166 valence electrons. The first kappa shape index (κ1) is 23.2. The van der Waals surface area contributed by atoms with Crippen LogP contribution in [0.2, 0.25) is 5.02 Å². The lowest BCUT2D eigenvalue weighted by molar-refractivity contribution is -0.133. The molecule has 0 radical (unpaired) electrons. The first-order valence-corrected chi connectivity index (χ1v) is 12.0. The number of nitrogens with zero attached hydrogens (tertiary/aromatic N) is 2. The Bertz CT molecular complexity index is 1120. The van der Waals surface area contributed by atoms with Crippen LogP contribution in [0, 0.1) is 13.8 Å². The molecule has 9 heteroatoms. The molecule has 1 fully saturated rings. The third kappa shape index (κ3) is 4.92. The van der Waals surface area contributed by atoms with Gasteiger partial charge in [0.25, 0.3) is 0 Å². The fourth-order valence-electron chi connectivity index (χ4n) is 3.68. The van der Waals surface area contributed by atoms with E-state index in [4.69, 9.17) is 11.6 Å². The number of piperazine rings is 1. The van der Waals surface area contributed by atoms with Crippen LogP contribution in [0.25, 0.3) is 0 Å². The van der Waals surface area contributed by atoms with Crippen LogP contribution in [0.4, 0.5) is 5.69 Å². The van der Waals surface area contributed by atoms with Crippen molar-refractivity contribution in [3.05, 3.63) is 64.2 Å². The number of amides is 2. The monoisotopic (exact) mass is 463 g/mol. The van der Waals surface area contributed by atoms with E-state index in [2.05, 4.69) is 5.32 Å². The Hall–Kier alpha value is -2.42. The fraction of sp³-hybridized carbons (Fsp3) is 0.364. The van der Waals surface area contributed by atoms with E-state index < -0.39 is 27.4 Å². The lowest BCUT2D eigenvalue weighted by Crippen LogP contribution is -2.70. The zero-order chi connectivity index (χ0) is 23.0. The molecule has 1 N–H and O–H groups in total. The summed E-state index contributed by atoms with van der Waals surface area (Å²) < 4.78 is 25.5. The van der Waals surface area contributed by atoms with Gasteiger partial charge in [-0.3, -0.25) is 14.5 Å². The minimum atomic E-state index is -3.68. The van der Waals surface area contributed by atoms with Gasteiger partial charge in [-0.1, -0.05) is 47.5 Å². The lowest BCUT2D eigenvalue weighted by atomic mass is 9.93. The van der Waals surface area contributed by atoms with Gasteiger partial charge in [-0.25, -0.2) is 8.42 Å². The fourth-order valence-corrected chi connectivity index (χ4v) is 4.67. The molecule has 3 rings (SSSR count). The second-order valence-corrected chi connectivity index (χ2v) is 10.6. The molecule has 7 nitrogen and oxygen atoms in total. The highest BCUT2D eigenvalue weighted by molar-refractivity contribution is 7.88. The summed E-state index contributed by atoms with van der Waals surface area (Å²) in [6.07, 6.45) is 1.03. The zero-order valence-electron chi connectivity index (χ0n) is 18.0. The smallest absolute Gasteiger partial charge is 0.247 e. The normalized spacial score (nSPS) is 20.0. The quantitative estimate of drug-likeness (QED) is 0.738. The number of anilines is 1. The van der Waals surface area contributed by atoms with Gasteiger partial charge in [0.1, 0.15) is 5.54 Å². The molecular formula is C22H26ClN3O4S. The summed E-state index contributed by atoms with van der Waals surface area (Å²) in [5, 5.41) is 3.29. The van der Waals surface area contributed by atoms with Crippen LogP contribution in [0.3, 0.4) is 0 Å². The Balaban J connectivity index is 1.99. The predicted octanol–water partition coefficient (Wildman–Crippen LogP) is 2.64. The van der Waals surface area contributed by atoms with Crippen molar-refractivity contribution in [2.24, 2.45) is 0 Å². The van der Waals surface area contributed by atoms with Crippen LogP contribution >= 0.6 is 11.6 Å². The number of rotatable bonds is 5. The maximum absolute atomic E-state index is 13.4. The third-order valence-corrected chi connectivity index (χ3v) is 6.91. The molecule has 31 heavy (non-hydrogen) atoms. The van der Waals surface area contributed by atoms with Crippen molar-refractivity contribution in [2.45, 2.75) is 32.9 Å². The number of hydrogen-bond donors (Lipinski definition) is 1. The van der Waals surface area contributed by atoms with Gasteiger partial charge in [-0.2, -0.15) is 4.31 Å². The van der Waals surface area contributed by atoms with Crippen molar-refractivity contribution in [1.29, 1.82) is 0 Å². The largest absolute Gasteiger partial charge is 0.350 e. The second-order valence-electron chi connectivity index (χ2n) is 8.13. The summed E-state index contributed by atoms with van der Waals surface area (Å²) in [6.45, 7) is 5.11. The third-order valence-electron chi connectivity index (χ3n) is 5.48. The van der Waals surface area contributed by atoms with Gasteiger partial charge in [0.2, 0.25) is 21.8 Å². The molecule has 2 aromatic carbocycles. The van der Waals surface area contributed by atoms with E-state index in [9.17, 15) is 18.0 Å². The van der Waals surface area contributed by atoms with Gasteiger partial charge in [0.05, 0.1) is 12.8 Å². The molecule has 1 saturated heterocycles. The molecule has 1 heterocycles. The number of halogens is 1. The molecule has 0 aromatic heterocycles. The van der Waals surface area contributed by atoms with Crippen molar-refractivity contribution in [1.82, 2.24) is 9.62 Å². The minimum Gasteiger partial charge on any atom is -0.350 e. The number of hydrogen-bond acceptors (Lipinski definition) is 4. The molecule has 1 aliphatic heterocycles. The van der Waals surface area contributed by atoms with Crippen LogP contribution in [0.1, 0.15) is 23.6 Å². The highest BCUT2D eigenvalue weighted by Crippen LogP contribution is 2.34. The highest BCUT2D eigenvalue weighted by Gasteiger charge is 2.50. The summed E-state index contributed by atoms with van der Waals surface area (Å²) in [4.78, 5) is 27.9. The highest BCUT2D eigenvalue weighted by atomic mass is 35.5. The second kappa shape index (κ2) is 8.61. The van der Waals surface area contributed by atoms with Crippen molar-refractivity contribution in [3.63, 3.8) is 0 Å². The predicted molar refractivity (Wildman–Crippen MR) is 122 cm³/mol. The molecule has 0 unspecified atom stereocenters. The average Bonchev–Trinajstić information content (AvgIpc) is 2.68. The standard InChI is InChI=1S/C22H26ClN3O4S/c1-15-5-8-17(9-6-15)12-24-21(28)22(3)14-25(31(4,29)30)13-20(27)26(22)19-11-18(23)10-7-16(19)2/h5-11H,12-14H2,1-4H3,(H,24,28)/t22-/m1/s1. The van der Waals surface area contributed by atoms with Gasteiger partial charge < -0.3 is 5.32 Å². The Morgan fingerprint density at radius 3 is 2.42 bits per heavy atom. The van der Waals surface area contributed by atoms with E-state index in [-0.39, 0.29) is 19.6 Å². The van der Waals surface area contributed by atoms with Crippen LogP contribution in [-0.4, -0.2) is 49.4 Å². The van der Waals surface area contributed by atoms with E-state index in [1.807, 2.05) is 38.1 Å². The molecule has 0 bridgehead atoms. The van der Waals surface area contributed by atoms with Crippen molar-refractivity contribution < 1.29 is 18.0 Å². The summed E-state index contributed by atoms with van der Waals surface area (Å²) >= 11 is 6.17. The van der Waals surface area contributed by atoms with E-state index in [1.165, 1.54) is 4.90 Å². The average molecular weight is 464 g/mol. The van der Waals surface area contributed by atoms with E-state index >= 15 is 0 Å². The van der Waals surface area contributed by atoms with Gasteiger partial charge >= 0.3 is 0 Å². The molecule has 1 aliphatic rings. The van der Waals surface area contributed by atoms with Gasteiger partial charge in [0, 0.05) is 23.8 Å². The Labute approximate surface area is 188 Å². The van der Waals surface area contributed by atoms with E-state index in [1.54, 1.807) is 25.1 Å². The van der Waals surface area contributed by atoms with Crippen molar-refractivity contribution >= 4 is 39.1 Å². The number of carbonyl (C=O) groups excluding carboxylic acids is 2.